The Morgan fingerprint density at radius 3 is 2.04 bits per heavy atom. The molecule has 0 aromatic carbocycles. The molecule has 0 heterocycles. The van der Waals surface area contributed by atoms with Gasteiger partial charge in [-0.15, -0.1) is 0 Å². The van der Waals surface area contributed by atoms with Crippen LogP contribution in [0, 0.1) is 0 Å². The van der Waals surface area contributed by atoms with Crippen LogP contribution >= 0.6 is 0 Å². The predicted octanol–water partition coefficient (Wildman–Crippen LogP) is 1.28. The first-order chi connectivity index (χ1) is 11.5. The van der Waals surface area contributed by atoms with Gasteiger partial charge in [-0.05, 0) is 20.3 Å². The molecule has 140 valence electrons. The second-order valence-electron chi connectivity index (χ2n) is 5.10. The van der Waals surface area contributed by atoms with Gasteiger partial charge in [0.25, 0.3) is 0 Å². The lowest BCUT2D eigenvalue weighted by Gasteiger charge is -2.25. The Balaban J connectivity index is 4.43. The Kier molecular flexibility index (Phi) is 12.6. The molecule has 0 bridgehead atoms. The molecule has 0 atom stereocenters. The fourth-order valence-electron chi connectivity index (χ4n) is 1.78. The third-order valence-corrected chi connectivity index (χ3v) is 3.29. The Morgan fingerprint density at radius 2 is 1.50 bits per heavy atom. The molecule has 0 aromatic heterocycles. The first kappa shape index (κ1) is 22.2. The topological polar surface area (TPSA) is 85.4 Å². The van der Waals surface area contributed by atoms with Gasteiger partial charge >= 0.3 is 12.1 Å². The Labute approximate surface area is 144 Å². The molecule has 24 heavy (non-hydrogen) atoms. The van der Waals surface area contributed by atoms with Crippen LogP contribution < -0.4 is 0 Å². The van der Waals surface area contributed by atoms with Gasteiger partial charge in [0.2, 0.25) is 5.91 Å². The molecule has 0 saturated heterocycles. The Morgan fingerprint density at radius 1 is 0.833 bits per heavy atom. The summed E-state index contributed by atoms with van der Waals surface area (Å²) in [4.78, 5) is 38.5. The summed E-state index contributed by atoms with van der Waals surface area (Å²) < 4.78 is 14.9. The molecule has 0 unspecified atom stereocenters. The fraction of sp³-hybridized carbons (Fsp3) is 0.812. The van der Waals surface area contributed by atoms with Crippen molar-refractivity contribution in [1.29, 1.82) is 0 Å². The zero-order valence-electron chi connectivity index (χ0n) is 15.2. The van der Waals surface area contributed by atoms with Gasteiger partial charge in [0, 0.05) is 20.2 Å². The first-order valence-electron chi connectivity index (χ1n) is 8.34. The van der Waals surface area contributed by atoms with E-state index in [2.05, 4.69) is 0 Å². The molecule has 0 rings (SSSR count). The zero-order chi connectivity index (χ0) is 18.4. The summed E-state index contributed by atoms with van der Waals surface area (Å²) >= 11 is 0. The number of likely N-dealkylation sites (N-methyl/N-ethyl adjacent to an activating group) is 2. The minimum absolute atomic E-state index is 0.116. The molecule has 0 radical (unpaired) electrons. The van der Waals surface area contributed by atoms with Crippen molar-refractivity contribution in [2.24, 2.45) is 0 Å². The summed E-state index contributed by atoms with van der Waals surface area (Å²) in [5.41, 5.74) is 0. The molecule has 8 heteroatoms. The van der Waals surface area contributed by atoms with Gasteiger partial charge in [0.15, 0.2) is 0 Å². The van der Waals surface area contributed by atoms with Gasteiger partial charge in [-0.1, -0.05) is 13.3 Å². The van der Waals surface area contributed by atoms with Gasteiger partial charge in [-0.25, -0.2) is 4.79 Å². The number of methoxy groups -OCH3 is 1. The van der Waals surface area contributed by atoms with Gasteiger partial charge in [-0.3, -0.25) is 14.5 Å². The minimum Gasteiger partial charge on any atom is -0.464 e. The first-order valence-corrected chi connectivity index (χ1v) is 8.34. The van der Waals surface area contributed by atoms with Crippen LogP contribution in [0.1, 0.15) is 33.6 Å². The average Bonchev–Trinajstić information content (AvgIpc) is 2.57. The van der Waals surface area contributed by atoms with E-state index in [4.69, 9.17) is 14.2 Å². The van der Waals surface area contributed by atoms with Gasteiger partial charge in [0.05, 0.1) is 13.2 Å². The summed E-state index contributed by atoms with van der Waals surface area (Å²) in [5.74, 6) is -0.764. The van der Waals surface area contributed by atoms with E-state index < -0.39 is 12.1 Å². The van der Waals surface area contributed by atoms with Crippen LogP contribution in [0.2, 0.25) is 0 Å². The lowest BCUT2D eigenvalue weighted by Crippen LogP contribution is -2.45. The van der Waals surface area contributed by atoms with Crippen LogP contribution in [-0.2, 0) is 23.8 Å². The third-order valence-electron chi connectivity index (χ3n) is 3.29. The molecule has 8 nitrogen and oxygen atoms in total. The average molecular weight is 346 g/mol. The summed E-state index contributed by atoms with van der Waals surface area (Å²) in [6.07, 6.45) is 1.15. The highest BCUT2D eigenvalue weighted by Gasteiger charge is 2.22. The van der Waals surface area contributed by atoms with Crippen LogP contribution in [0.25, 0.3) is 0 Å². The number of ether oxygens (including phenoxy) is 3. The maximum atomic E-state index is 12.3. The van der Waals surface area contributed by atoms with Crippen LogP contribution in [0.4, 0.5) is 4.79 Å². The van der Waals surface area contributed by atoms with Crippen molar-refractivity contribution in [2.75, 3.05) is 53.1 Å². The molecule has 0 N–H and O–H groups in total. The van der Waals surface area contributed by atoms with E-state index in [1.165, 1.54) is 16.9 Å². The van der Waals surface area contributed by atoms with Crippen molar-refractivity contribution < 1.29 is 28.6 Å². The Bertz CT molecular complexity index is 389. The van der Waals surface area contributed by atoms with E-state index in [9.17, 15) is 14.4 Å². The highest BCUT2D eigenvalue weighted by molar-refractivity contribution is 5.85. The quantitative estimate of drug-likeness (QED) is 0.391. The molecule has 0 aromatic rings. The summed E-state index contributed by atoms with van der Waals surface area (Å²) in [6.45, 7) is 6.73. The minimum atomic E-state index is -0.579. The fourth-order valence-corrected chi connectivity index (χ4v) is 1.78. The van der Waals surface area contributed by atoms with Crippen LogP contribution in [0.5, 0.6) is 0 Å². The SMILES string of the molecule is CCCCOC(=O)CN(CC)C(=O)CN(CC)C(=O)OCCOC. The molecule has 0 saturated carbocycles. The van der Waals surface area contributed by atoms with E-state index in [0.717, 1.165) is 12.8 Å². The lowest BCUT2D eigenvalue weighted by atomic mass is 10.3. The summed E-state index contributed by atoms with van der Waals surface area (Å²) in [5, 5.41) is 0. The number of amides is 2. The number of esters is 1. The number of nitrogens with zero attached hydrogens (tertiary/aromatic N) is 2. The smallest absolute Gasteiger partial charge is 0.410 e. The van der Waals surface area contributed by atoms with E-state index in [1.807, 2.05) is 6.92 Å². The van der Waals surface area contributed by atoms with Crippen LogP contribution in [-0.4, -0.2) is 80.9 Å². The Hall–Kier alpha value is -1.83. The summed E-state index contributed by atoms with van der Waals surface area (Å²) in [7, 11) is 1.51. The normalized spacial score (nSPS) is 10.2. The molecule has 0 aliphatic carbocycles. The van der Waals surface area contributed by atoms with Crippen molar-refractivity contribution in [3.8, 4) is 0 Å². The molecule has 0 aliphatic rings. The van der Waals surface area contributed by atoms with Gasteiger partial charge in [-0.2, -0.15) is 0 Å². The number of hydrogen-bond donors (Lipinski definition) is 0. The molecule has 0 aliphatic heterocycles. The molecule has 0 fully saturated rings. The van der Waals surface area contributed by atoms with Crippen LogP contribution in [0.15, 0.2) is 0 Å². The molecule has 2 amide bonds. The number of carbonyl (C=O) groups is 3. The largest absolute Gasteiger partial charge is 0.464 e. The van der Waals surface area contributed by atoms with E-state index in [1.54, 1.807) is 13.8 Å². The lowest BCUT2D eigenvalue weighted by molar-refractivity contribution is -0.149. The summed E-state index contributed by atoms with van der Waals surface area (Å²) in [6, 6.07) is 0. The molecule has 0 spiro atoms. The van der Waals surface area contributed by atoms with E-state index in [-0.39, 0.29) is 25.6 Å². The number of carbonyl (C=O) groups excluding carboxylic acids is 3. The van der Waals surface area contributed by atoms with Gasteiger partial charge in [0.1, 0.15) is 19.7 Å². The second-order valence-corrected chi connectivity index (χ2v) is 5.10. The second kappa shape index (κ2) is 13.6. The van der Waals surface area contributed by atoms with E-state index in [0.29, 0.717) is 26.3 Å². The predicted molar refractivity (Wildman–Crippen MR) is 88.6 cm³/mol. The highest BCUT2D eigenvalue weighted by Crippen LogP contribution is 2.00. The number of hydrogen-bond acceptors (Lipinski definition) is 6. The van der Waals surface area contributed by atoms with Crippen molar-refractivity contribution in [1.82, 2.24) is 9.80 Å². The van der Waals surface area contributed by atoms with Crippen molar-refractivity contribution in [2.45, 2.75) is 33.6 Å². The van der Waals surface area contributed by atoms with Crippen LogP contribution in [0.3, 0.4) is 0 Å². The number of rotatable bonds is 12. The standard InChI is InChI=1S/C16H30N2O6/c1-5-8-9-23-15(20)13-17(6-2)14(19)12-18(7-3)16(21)24-11-10-22-4/h5-13H2,1-4H3. The number of unbranched alkanes of at least 4 members (excludes halogenated alkanes) is 1. The van der Waals surface area contributed by atoms with Crippen molar-refractivity contribution >= 4 is 18.0 Å². The van der Waals surface area contributed by atoms with E-state index >= 15 is 0 Å². The molecular weight excluding hydrogens is 316 g/mol. The highest BCUT2D eigenvalue weighted by atomic mass is 16.6. The third kappa shape index (κ3) is 9.34. The zero-order valence-corrected chi connectivity index (χ0v) is 15.2. The van der Waals surface area contributed by atoms with Gasteiger partial charge < -0.3 is 19.1 Å². The molecular formula is C16H30N2O6. The maximum absolute atomic E-state index is 12.3. The van der Waals surface area contributed by atoms with Crippen molar-refractivity contribution in [3.63, 3.8) is 0 Å². The monoisotopic (exact) mass is 346 g/mol. The van der Waals surface area contributed by atoms with Crippen molar-refractivity contribution in [3.05, 3.63) is 0 Å². The maximum Gasteiger partial charge on any atom is 0.410 e.